The Balaban J connectivity index is 1.92. The van der Waals surface area contributed by atoms with Crippen LogP contribution in [0.1, 0.15) is 11.5 Å². The first-order valence-corrected chi connectivity index (χ1v) is 7.92. The highest BCUT2D eigenvalue weighted by Gasteiger charge is 2.14. The molecule has 26 heavy (non-hydrogen) atoms. The molecule has 0 aliphatic rings. The molecule has 0 unspecified atom stereocenters. The Kier molecular flexibility index (Phi) is 4.83. The summed E-state index contributed by atoms with van der Waals surface area (Å²) in [5.74, 6) is 1.57. The van der Waals surface area contributed by atoms with E-state index >= 15 is 0 Å². The minimum Gasteiger partial charge on any atom is -0.497 e. The zero-order valence-corrected chi connectivity index (χ0v) is 14.6. The molecular weight excluding hydrogens is 336 g/mol. The van der Waals surface area contributed by atoms with Crippen LogP contribution in [0.15, 0.2) is 45.7 Å². The van der Waals surface area contributed by atoms with E-state index in [4.69, 9.17) is 9.26 Å². The SMILES string of the molecule is COc1ccc(-c2nc(C)cc(=O)n2CC(=O)Nc2cc(C)on2)cc1. The van der Waals surface area contributed by atoms with Gasteiger partial charge >= 0.3 is 0 Å². The second-order valence-electron chi connectivity index (χ2n) is 5.74. The minimum absolute atomic E-state index is 0.195. The maximum Gasteiger partial charge on any atom is 0.254 e. The van der Waals surface area contributed by atoms with Crippen molar-refractivity contribution in [3.8, 4) is 17.1 Å². The van der Waals surface area contributed by atoms with Gasteiger partial charge < -0.3 is 14.6 Å². The van der Waals surface area contributed by atoms with Crippen molar-refractivity contribution in [3.63, 3.8) is 0 Å². The van der Waals surface area contributed by atoms with Crippen molar-refractivity contribution in [2.75, 3.05) is 12.4 Å². The van der Waals surface area contributed by atoms with E-state index in [2.05, 4.69) is 15.5 Å². The lowest BCUT2D eigenvalue weighted by molar-refractivity contribution is -0.116. The molecular formula is C18H18N4O4. The Morgan fingerprint density at radius 3 is 2.58 bits per heavy atom. The van der Waals surface area contributed by atoms with Crippen molar-refractivity contribution in [2.24, 2.45) is 0 Å². The lowest BCUT2D eigenvalue weighted by Gasteiger charge is -2.12. The average Bonchev–Trinajstić information content (AvgIpc) is 3.02. The highest BCUT2D eigenvalue weighted by atomic mass is 16.5. The van der Waals surface area contributed by atoms with Crippen molar-refractivity contribution < 1.29 is 14.1 Å². The number of methoxy groups -OCH3 is 1. The first-order chi connectivity index (χ1) is 12.5. The van der Waals surface area contributed by atoms with Gasteiger partial charge in [-0.05, 0) is 38.1 Å². The number of nitrogens with zero attached hydrogens (tertiary/aromatic N) is 3. The van der Waals surface area contributed by atoms with Gasteiger partial charge in [0.1, 0.15) is 23.9 Å². The van der Waals surface area contributed by atoms with E-state index in [0.717, 1.165) is 0 Å². The van der Waals surface area contributed by atoms with Gasteiger partial charge in [-0.15, -0.1) is 0 Å². The highest BCUT2D eigenvalue weighted by Crippen LogP contribution is 2.20. The molecule has 3 aromatic rings. The first kappa shape index (κ1) is 17.4. The van der Waals surface area contributed by atoms with Crippen LogP contribution in [0.3, 0.4) is 0 Å². The second-order valence-corrected chi connectivity index (χ2v) is 5.74. The van der Waals surface area contributed by atoms with Gasteiger partial charge in [-0.25, -0.2) is 4.98 Å². The molecule has 0 fully saturated rings. The molecule has 3 rings (SSSR count). The number of carbonyl (C=O) groups excluding carboxylic acids is 1. The molecule has 1 amide bonds. The summed E-state index contributed by atoms with van der Waals surface area (Å²) in [7, 11) is 1.58. The lowest BCUT2D eigenvalue weighted by atomic mass is 10.2. The van der Waals surface area contributed by atoms with Crippen LogP contribution in [0.4, 0.5) is 5.82 Å². The highest BCUT2D eigenvalue weighted by molar-refractivity contribution is 5.89. The van der Waals surface area contributed by atoms with Crippen molar-refractivity contribution in [3.05, 3.63) is 58.2 Å². The number of anilines is 1. The number of hydrogen-bond donors (Lipinski definition) is 1. The number of benzene rings is 1. The van der Waals surface area contributed by atoms with E-state index in [9.17, 15) is 9.59 Å². The van der Waals surface area contributed by atoms with Crippen LogP contribution in [0.5, 0.6) is 5.75 Å². The molecule has 8 nitrogen and oxygen atoms in total. The van der Waals surface area contributed by atoms with Gasteiger partial charge in [-0.3, -0.25) is 14.2 Å². The quantitative estimate of drug-likeness (QED) is 0.754. The third kappa shape index (κ3) is 3.80. The molecule has 2 heterocycles. The smallest absolute Gasteiger partial charge is 0.254 e. The third-order valence-corrected chi connectivity index (χ3v) is 3.68. The zero-order chi connectivity index (χ0) is 18.7. The van der Waals surface area contributed by atoms with Gasteiger partial charge in [0.05, 0.1) is 7.11 Å². The van der Waals surface area contributed by atoms with E-state index in [0.29, 0.717) is 34.4 Å². The van der Waals surface area contributed by atoms with Crippen molar-refractivity contribution in [1.82, 2.24) is 14.7 Å². The largest absolute Gasteiger partial charge is 0.497 e. The molecule has 134 valence electrons. The van der Waals surface area contributed by atoms with E-state index in [1.807, 2.05) is 0 Å². The monoisotopic (exact) mass is 354 g/mol. The molecule has 0 aliphatic carbocycles. The van der Waals surface area contributed by atoms with Gasteiger partial charge in [0.2, 0.25) is 5.91 Å². The van der Waals surface area contributed by atoms with Crippen LogP contribution in [-0.2, 0) is 11.3 Å². The number of nitrogens with one attached hydrogen (secondary N) is 1. The van der Waals surface area contributed by atoms with Crippen molar-refractivity contribution >= 4 is 11.7 Å². The molecule has 8 heteroatoms. The zero-order valence-electron chi connectivity index (χ0n) is 14.6. The molecule has 1 N–H and O–H groups in total. The minimum atomic E-state index is -0.402. The summed E-state index contributed by atoms with van der Waals surface area (Å²) >= 11 is 0. The molecule has 0 saturated heterocycles. The van der Waals surface area contributed by atoms with Gasteiger partial charge in [0, 0.05) is 23.4 Å². The Morgan fingerprint density at radius 2 is 1.96 bits per heavy atom. The molecule has 2 aromatic heterocycles. The maximum absolute atomic E-state index is 12.4. The Hall–Kier alpha value is -3.42. The molecule has 1 aromatic carbocycles. The summed E-state index contributed by atoms with van der Waals surface area (Å²) in [6, 6.07) is 10.1. The van der Waals surface area contributed by atoms with Gasteiger partial charge in [-0.1, -0.05) is 5.16 Å². The number of ether oxygens (including phenoxy) is 1. The van der Waals surface area contributed by atoms with Gasteiger partial charge in [0.25, 0.3) is 5.56 Å². The van der Waals surface area contributed by atoms with Crippen LogP contribution < -0.4 is 15.6 Å². The van der Waals surface area contributed by atoms with Crippen LogP contribution in [0.25, 0.3) is 11.4 Å². The number of hydrogen-bond acceptors (Lipinski definition) is 6. The summed E-state index contributed by atoms with van der Waals surface area (Å²) in [6.07, 6.45) is 0. The van der Waals surface area contributed by atoms with Crippen LogP contribution >= 0.6 is 0 Å². The van der Waals surface area contributed by atoms with Crippen LogP contribution in [-0.4, -0.2) is 27.7 Å². The van der Waals surface area contributed by atoms with Gasteiger partial charge in [0.15, 0.2) is 5.82 Å². The predicted octanol–water partition coefficient (Wildman–Crippen LogP) is 2.16. The lowest BCUT2D eigenvalue weighted by Crippen LogP contribution is -2.29. The standard InChI is InChI=1S/C18H18N4O4/c1-11-8-17(24)22(10-16(23)20-15-9-12(2)26-21-15)18(19-11)13-4-6-14(25-3)7-5-13/h4-9H,10H2,1-3H3,(H,20,21,23). The Bertz CT molecular complexity index is 989. The summed E-state index contributed by atoms with van der Waals surface area (Å²) in [5, 5.41) is 6.31. The van der Waals surface area contributed by atoms with E-state index in [1.165, 1.54) is 10.6 Å². The predicted molar refractivity (Wildman–Crippen MR) is 95.1 cm³/mol. The summed E-state index contributed by atoms with van der Waals surface area (Å²) < 4.78 is 11.4. The Labute approximate surface area is 149 Å². The van der Waals surface area contributed by atoms with Crippen molar-refractivity contribution in [1.29, 1.82) is 0 Å². The third-order valence-electron chi connectivity index (χ3n) is 3.68. The van der Waals surface area contributed by atoms with Gasteiger partial charge in [-0.2, -0.15) is 0 Å². The number of amides is 1. The Morgan fingerprint density at radius 1 is 1.23 bits per heavy atom. The molecule has 0 bridgehead atoms. The van der Waals surface area contributed by atoms with Crippen LogP contribution in [0.2, 0.25) is 0 Å². The topological polar surface area (TPSA) is 99.2 Å². The maximum atomic E-state index is 12.4. The second kappa shape index (κ2) is 7.22. The number of aryl methyl sites for hydroxylation is 2. The fourth-order valence-electron chi connectivity index (χ4n) is 2.49. The first-order valence-electron chi connectivity index (χ1n) is 7.92. The van der Waals surface area contributed by atoms with E-state index in [-0.39, 0.29) is 12.1 Å². The number of aromatic nitrogens is 3. The number of carbonyl (C=O) groups is 1. The van der Waals surface area contributed by atoms with E-state index in [1.54, 1.807) is 51.3 Å². The molecule has 0 saturated carbocycles. The summed E-state index contributed by atoms with van der Waals surface area (Å²) in [5.41, 5.74) is 0.969. The number of rotatable bonds is 5. The normalized spacial score (nSPS) is 10.6. The molecule has 0 aliphatic heterocycles. The molecule has 0 spiro atoms. The summed E-state index contributed by atoms with van der Waals surface area (Å²) in [4.78, 5) is 29.2. The average molecular weight is 354 g/mol. The summed E-state index contributed by atoms with van der Waals surface area (Å²) in [6.45, 7) is 3.26. The van der Waals surface area contributed by atoms with E-state index < -0.39 is 5.91 Å². The fourth-order valence-corrected chi connectivity index (χ4v) is 2.49. The van der Waals surface area contributed by atoms with Crippen LogP contribution in [0, 0.1) is 13.8 Å². The fraction of sp³-hybridized carbons (Fsp3) is 0.222. The molecule has 0 atom stereocenters. The molecule has 0 radical (unpaired) electrons. The van der Waals surface area contributed by atoms with Crippen molar-refractivity contribution in [2.45, 2.75) is 20.4 Å².